The number of Topliss-reactive ketones (excluding diaryl/α,β-unsaturated/α-hetero) is 1. The van der Waals surface area contributed by atoms with Crippen molar-refractivity contribution in [2.45, 2.75) is 242 Å². The third kappa shape index (κ3) is 51.9. The van der Waals surface area contributed by atoms with Crippen LogP contribution < -0.4 is 113 Å². The van der Waals surface area contributed by atoms with Gasteiger partial charge in [0.05, 0.1) is 24.8 Å². The number of ketones is 1. The van der Waals surface area contributed by atoms with Gasteiger partial charge in [0, 0.05) is 180 Å². The van der Waals surface area contributed by atoms with Crippen LogP contribution in [0.15, 0.2) is 45.0 Å². The summed E-state index contributed by atoms with van der Waals surface area (Å²) in [5, 5.41) is 23.9. The summed E-state index contributed by atoms with van der Waals surface area (Å²) in [6.07, 6.45) is 15.0. The van der Waals surface area contributed by atoms with Gasteiger partial charge in [-0.2, -0.15) is 25.3 Å². The zero-order chi connectivity index (χ0) is 99.4. The summed E-state index contributed by atoms with van der Waals surface area (Å²) in [5.41, 5.74) is 85.1. The van der Waals surface area contributed by atoms with Gasteiger partial charge in [0.1, 0.15) is 36.3 Å². The second-order valence-electron chi connectivity index (χ2n) is 31.8. The highest BCUT2D eigenvalue weighted by molar-refractivity contribution is 7.80. The minimum Gasteiger partial charge on any atom is -0.391 e. The van der Waals surface area contributed by atoms with E-state index in [1.165, 1.54) is 62.1 Å². The minimum atomic E-state index is -1.22. The van der Waals surface area contributed by atoms with Gasteiger partial charge in [0.15, 0.2) is 29.6 Å². The van der Waals surface area contributed by atoms with Crippen molar-refractivity contribution in [3.63, 3.8) is 0 Å². The molecule has 0 spiro atoms. The Morgan fingerprint density at radius 2 is 0.639 bits per heavy atom. The van der Waals surface area contributed by atoms with Crippen LogP contribution in [0.2, 0.25) is 0 Å². The molecule has 0 aliphatic heterocycles. The molecule has 2 aromatic rings. The number of H-pyrrole nitrogens is 2. The molecule has 756 valence electrons. The molecular formula is C83H158N34O14S2. The predicted molar refractivity (Wildman–Crippen MR) is 518 cm³/mol. The van der Waals surface area contributed by atoms with E-state index in [1.807, 2.05) is 0 Å². The molecule has 0 radical (unpaired) electrons. The van der Waals surface area contributed by atoms with Crippen LogP contribution in [0.1, 0.15) is 192 Å². The highest BCUT2D eigenvalue weighted by atomic mass is 32.1. The molecule has 8 unspecified atom stereocenters. The number of primary amides is 1. The maximum atomic E-state index is 14.4. The molecule has 0 aliphatic carbocycles. The van der Waals surface area contributed by atoms with Gasteiger partial charge >= 0.3 is 0 Å². The van der Waals surface area contributed by atoms with Crippen molar-refractivity contribution in [3.8, 4) is 0 Å². The van der Waals surface area contributed by atoms with Crippen molar-refractivity contribution in [3.05, 3.63) is 36.4 Å². The number of nitrogens with zero attached hydrogens (tertiary/aromatic N) is 12. The summed E-state index contributed by atoms with van der Waals surface area (Å²) in [5.74, 6) is -5.71. The third-order valence-corrected chi connectivity index (χ3v) is 21.8. The van der Waals surface area contributed by atoms with E-state index in [-0.39, 0.29) is 239 Å². The number of aromatic nitrogens is 4. The summed E-state index contributed by atoms with van der Waals surface area (Å²) in [6, 6.07) is -7.17. The molecule has 2 aromatic heterocycles. The van der Waals surface area contributed by atoms with Crippen molar-refractivity contribution in [1.29, 1.82) is 0 Å². The molecule has 0 saturated carbocycles. The fourth-order valence-corrected chi connectivity index (χ4v) is 14.7. The number of nitrogens with one attached hydrogen (secondary N) is 7. The van der Waals surface area contributed by atoms with E-state index >= 15 is 0 Å². The molecule has 50 heteroatoms. The number of aliphatic imine (C=N–C) groups is 4. The van der Waals surface area contributed by atoms with E-state index in [1.54, 1.807) is 6.20 Å². The molecule has 0 bridgehead atoms. The number of aromatic amines is 2. The van der Waals surface area contributed by atoms with E-state index in [2.05, 4.69) is 91.7 Å². The number of rotatable bonds is 75. The standard InChI is InChI=1S/C43H82N18O8S.C40H76N16O6S/c1-29(62)37(46)41(69)55-21-23-60(36(65)14-25-70)32(11-9-18-57-43(50)51)39(67)53-20-24-61(35(64)12-3-2-6-15-44)33(26-30-27-52-28-58-30)40(68)54-19-22-59(31(38(47)66)10-4-7-16-45)34(63)13-5-8-17-56-42(48)49;1-29(57)31(10-4-7-16-42)55(34(58)13-5-8-18-51-39(44)45)23-20-50-38(62)33(26-30-27-48-28-53-30)56(35(59)12-3-2-6-15-41)24-21-49-37(61)32(11-9-19-52-40(46)47)54(22-17-43)36(60)14-25-63/h27-29,31-33,37,62,70H,2-26,44-46H2,1H3,(H2,47,66)(H,52,58)(H,53,67)(H,54,68)(H,55,69)(H4,48,49,56)(H4,50,51,57);27-28,31-33,63H,2-26,41-43H2,1H3,(H,48,53)(H,49,61)(H,50,62)(H4,44,45,51)(H4,46,47,52). The summed E-state index contributed by atoms with van der Waals surface area (Å²) in [7, 11) is 0. The van der Waals surface area contributed by atoms with Crippen LogP contribution in [0, 0.1) is 0 Å². The quantitative estimate of drug-likeness (QED) is 0.0127. The Hall–Kier alpha value is -10.8. The van der Waals surface area contributed by atoms with Gasteiger partial charge < -0.3 is 157 Å². The molecule has 48 nitrogen and oxygen atoms in total. The second-order valence-corrected chi connectivity index (χ2v) is 32.7. The molecule has 2 heterocycles. The van der Waals surface area contributed by atoms with Gasteiger partial charge in [-0.15, -0.1) is 0 Å². The van der Waals surface area contributed by atoms with Gasteiger partial charge in [0.25, 0.3) is 0 Å². The van der Waals surface area contributed by atoms with Gasteiger partial charge in [-0.25, -0.2) is 9.97 Å². The average Bonchev–Trinajstić information content (AvgIpc) is 1.83. The van der Waals surface area contributed by atoms with Crippen molar-refractivity contribution in [2.75, 3.05) is 142 Å². The van der Waals surface area contributed by atoms with Gasteiger partial charge in [-0.3, -0.25) is 82.3 Å². The van der Waals surface area contributed by atoms with Crippen LogP contribution in [0.3, 0.4) is 0 Å². The summed E-state index contributed by atoms with van der Waals surface area (Å²) in [4.78, 5) is 216. The fraction of sp³-hybridized carbons (Fsp3) is 0.723. The molecule has 12 amide bonds. The third-order valence-electron chi connectivity index (χ3n) is 21.3. The molecule has 2 rings (SSSR count). The minimum absolute atomic E-state index is 0.0143. The van der Waals surface area contributed by atoms with Crippen molar-refractivity contribution in [2.24, 2.45) is 106 Å². The van der Waals surface area contributed by atoms with E-state index < -0.39 is 89.7 Å². The van der Waals surface area contributed by atoms with Crippen LogP contribution in [-0.2, 0) is 75.2 Å². The lowest BCUT2D eigenvalue weighted by molar-refractivity contribution is -0.142. The second kappa shape index (κ2) is 72.7. The molecule has 0 aromatic carbocycles. The number of carbonyl (C=O) groups is 13. The van der Waals surface area contributed by atoms with Gasteiger partial charge in [-0.05, 0) is 167 Å². The average molecular weight is 1920 g/mol. The maximum absolute atomic E-state index is 14.4. The SMILES string of the molecule is CC(=O)C(CCCCN)N(CCNC(=O)C(Cc1cnc[nH]1)N(CCNC(=O)C(CCCN=C(N)N)N(CCN)C(=O)CCS)C(=O)CCCCCN)C(=O)CCCCN=C(N)N.CC(O)C(N)C(=O)NCCN(C(=O)CCS)C(CCCN=C(N)N)C(=O)NCCN(C(=O)CCCCCN)C(Cc1cnc[nH]1)C(=O)NCCN(C(=O)CCCCN=C(N)N)C(CCCCN)C(N)=O. The van der Waals surface area contributed by atoms with Crippen LogP contribution in [0.4, 0.5) is 0 Å². The molecule has 38 N–H and O–H groups in total. The van der Waals surface area contributed by atoms with E-state index in [0.717, 1.165) is 6.42 Å². The molecular weight excluding hydrogens is 1760 g/mol. The summed E-state index contributed by atoms with van der Waals surface area (Å²) < 4.78 is 0. The molecule has 8 atom stereocenters. The van der Waals surface area contributed by atoms with Crippen LogP contribution >= 0.6 is 25.3 Å². The monoisotopic (exact) mass is 1920 g/mol. The molecule has 0 saturated heterocycles. The first-order valence-electron chi connectivity index (χ1n) is 45.9. The first-order valence-corrected chi connectivity index (χ1v) is 47.1. The number of amides is 12. The van der Waals surface area contributed by atoms with Gasteiger partial charge in [0.2, 0.25) is 70.9 Å². The largest absolute Gasteiger partial charge is 0.391 e. The summed E-state index contributed by atoms with van der Waals surface area (Å²) in [6.45, 7) is 4.95. The Morgan fingerprint density at radius 3 is 0.940 bits per heavy atom. The highest BCUT2D eigenvalue weighted by Gasteiger charge is 2.37. The molecule has 0 fully saturated rings. The number of unbranched alkanes of at least 4 members (excludes halogenated alkanes) is 8. The van der Waals surface area contributed by atoms with E-state index in [4.69, 9.17) is 86.0 Å². The number of aliphatic hydroxyl groups is 1. The Morgan fingerprint density at radius 1 is 0.361 bits per heavy atom. The molecule has 133 heavy (non-hydrogen) atoms. The summed E-state index contributed by atoms with van der Waals surface area (Å²) >= 11 is 8.41. The number of guanidine groups is 4. The highest BCUT2D eigenvalue weighted by Crippen LogP contribution is 2.21. The smallest absolute Gasteiger partial charge is 0.243 e. The maximum Gasteiger partial charge on any atom is 0.243 e. The Bertz CT molecular complexity index is 3820. The van der Waals surface area contributed by atoms with Crippen molar-refractivity contribution in [1.82, 2.24) is 75.9 Å². The van der Waals surface area contributed by atoms with E-state index in [0.29, 0.717) is 147 Å². The Balaban J connectivity index is 0.00000134. The van der Waals surface area contributed by atoms with Crippen molar-refractivity contribution < 1.29 is 67.4 Å². The lowest BCUT2D eigenvalue weighted by Gasteiger charge is -2.34. The number of hydrogen-bond acceptors (Lipinski definition) is 28. The number of thiol groups is 2. The topological polar surface area (TPSA) is 819 Å². The Labute approximate surface area is 792 Å². The van der Waals surface area contributed by atoms with Crippen LogP contribution in [0.25, 0.3) is 0 Å². The van der Waals surface area contributed by atoms with Gasteiger partial charge in [-0.1, -0.05) is 12.8 Å². The van der Waals surface area contributed by atoms with E-state index in [9.17, 15) is 67.4 Å². The van der Waals surface area contributed by atoms with Crippen molar-refractivity contribution >= 4 is 126 Å². The number of nitrogens with two attached hydrogens (primary N) is 15. The van der Waals surface area contributed by atoms with Crippen LogP contribution in [0.5, 0.6) is 0 Å². The molecule has 0 aliphatic rings. The number of carbonyl (C=O) groups excluding carboxylic acids is 13. The zero-order valence-corrected chi connectivity index (χ0v) is 79.7. The first kappa shape index (κ1) is 120. The Kier molecular flexibility index (Phi) is 65.7. The zero-order valence-electron chi connectivity index (χ0n) is 78.0. The number of aliphatic hydroxyl groups excluding tert-OH is 1. The fourth-order valence-electron chi connectivity index (χ4n) is 14.3. The lowest BCUT2D eigenvalue weighted by Crippen LogP contribution is -2.56. The first-order chi connectivity index (χ1) is 63.6. The van der Waals surface area contributed by atoms with Crippen LogP contribution in [-0.4, -0.2) is 346 Å². The number of hydrogen-bond donors (Lipinski definition) is 25. The normalized spacial score (nSPS) is 12.7. The lowest BCUT2D eigenvalue weighted by atomic mass is 10.0. The number of imidazole rings is 2. The predicted octanol–water partition coefficient (Wildman–Crippen LogP) is -6.66.